The van der Waals surface area contributed by atoms with Gasteiger partial charge in [-0.05, 0) is 132 Å². The summed E-state index contributed by atoms with van der Waals surface area (Å²) in [5, 5.41) is 7.22. The quantitative estimate of drug-likeness (QED) is 0.164. The Hall–Kier alpha value is -7.29. The molecule has 0 amide bonds. The molecule has 2 unspecified atom stereocenters. The largest absolute Gasteiger partial charge is 0.456 e. The molecule has 10 aromatic rings. The summed E-state index contributed by atoms with van der Waals surface area (Å²) in [4.78, 5) is 5.88. The smallest absolute Gasteiger partial charge is 0.136 e. The minimum Gasteiger partial charge on any atom is -0.456 e. The van der Waals surface area contributed by atoms with E-state index in [9.17, 15) is 0 Å². The monoisotopic (exact) mass is 823 g/mol. The van der Waals surface area contributed by atoms with Gasteiger partial charge in [0.2, 0.25) is 0 Å². The van der Waals surface area contributed by atoms with Crippen LogP contribution in [0, 0.1) is 5.92 Å². The Kier molecular flexibility index (Phi) is 9.12. The third kappa shape index (κ3) is 6.27. The van der Waals surface area contributed by atoms with Crippen LogP contribution in [0.4, 0.5) is 0 Å². The lowest BCUT2D eigenvalue weighted by molar-refractivity contribution is 0.519. The highest BCUT2D eigenvalue weighted by molar-refractivity contribution is 6.24. The Morgan fingerprint density at radius 3 is 1.98 bits per heavy atom. The highest BCUT2D eigenvalue weighted by Crippen LogP contribution is 2.51. The minimum absolute atomic E-state index is 0.0495. The summed E-state index contributed by atoms with van der Waals surface area (Å²) in [6.07, 6.45) is 5.25. The molecule has 0 saturated heterocycles. The summed E-state index contributed by atoms with van der Waals surface area (Å²) in [6, 6.07) is 69.1. The third-order valence-electron chi connectivity index (χ3n) is 14.4. The molecular formula is C62H49NO. The van der Waals surface area contributed by atoms with Gasteiger partial charge in [-0.3, -0.25) is 4.99 Å². The molecule has 1 aliphatic carbocycles. The van der Waals surface area contributed by atoms with Gasteiger partial charge in [0, 0.05) is 33.4 Å². The average molecular weight is 824 g/mol. The molecule has 2 aliphatic rings. The number of hydrogen-bond donors (Lipinski definition) is 0. The lowest BCUT2D eigenvalue weighted by Gasteiger charge is -2.30. The van der Waals surface area contributed by atoms with Crippen LogP contribution in [0.2, 0.25) is 0 Å². The van der Waals surface area contributed by atoms with E-state index in [1.807, 2.05) is 0 Å². The average Bonchev–Trinajstić information content (AvgIpc) is 3.82. The van der Waals surface area contributed by atoms with E-state index in [0.717, 1.165) is 52.5 Å². The van der Waals surface area contributed by atoms with E-state index >= 15 is 0 Å². The molecule has 2 nitrogen and oxygen atoms in total. The molecule has 0 bridgehead atoms. The van der Waals surface area contributed by atoms with E-state index in [0.29, 0.717) is 0 Å². The first-order chi connectivity index (χ1) is 31.4. The van der Waals surface area contributed by atoms with Gasteiger partial charge in [-0.25, -0.2) is 0 Å². The maximum Gasteiger partial charge on any atom is 0.136 e. The molecule has 12 rings (SSSR count). The van der Waals surface area contributed by atoms with Gasteiger partial charge in [-0.1, -0.05) is 185 Å². The van der Waals surface area contributed by atoms with Crippen molar-refractivity contribution in [3.63, 3.8) is 0 Å². The van der Waals surface area contributed by atoms with Crippen LogP contribution in [-0.4, -0.2) is 5.71 Å². The van der Waals surface area contributed by atoms with Crippen LogP contribution >= 0.6 is 0 Å². The number of fused-ring (bicyclic) bond motifs is 9. The van der Waals surface area contributed by atoms with Crippen molar-refractivity contribution >= 4 is 54.8 Å². The van der Waals surface area contributed by atoms with Crippen LogP contribution < -0.4 is 0 Å². The normalized spacial score (nSPS) is 17.7. The Morgan fingerprint density at radius 1 is 0.516 bits per heavy atom. The Labute approximate surface area is 375 Å². The van der Waals surface area contributed by atoms with E-state index in [-0.39, 0.29) is 17.4 Å². The molecule has 64 heavy (non-hydrogen) atoms. The standard InChI is InChI=1S/C62H49NO/c1-4-47-48(46-31-33-51-50-20-12-13-23-55(50)62(2,3)56(51)37-46)22-14-24-57(63-61(47)42-16-6-5-7-17-42)53-38-59-60(52-21-11-10-19-49(52)53)54-36-45(32-34-58(54)64-59)41-27-25-40(26-28-41)44-30-29-39-15-8-9-18-43(39)35-44/h5-13,15-23,25-38,47,61H,4,14,24H2,1-3H3/b48-22-,63-57?. The van der Waals surface area contributed by atoms with Crippen molar-refractivity contribution in [2.24, 2.45) is 10.9 Å². The van der Waals surface area contributed by atoms with Gasteiger partial charge in [0.25, 0.3) is 0 Å². The number of furan rings is 1. The summed E-state index contributed by atoms with van der Waals surface area (Å²) in [5.74, 6) is 0.198. The van der Waals surface area contributed by atoms with Gasteiger partial charge >= 0.3 is 0 Å². The molecule has 2 heterocycles. The second-order valence-corrected chi connectivity index (χ2v) is 18.4. The van der Waals surface area contributed by atoms with Crippen molar-refractivity contribution in [2.75, 3.05) is 0 Å². The number of hydrogen-bond acceptors (Lipinski definition) is 2. The molecule has 0 fully saturated rings. The minimum atomic E-state index is -0.0571. The van der Waals surface area contributed by atoms with E-state index < -0.39 is 0 Å². The van der Waals surface area contributed by atoms with Crippen molar-refractivity contribution < 1.29 is 4.42 Å². The Balaban J connectivity index is 0.936. The zero-order valence-electron chi connectivity index (χ0n) is 36.6. The van der Waals surface area contributed by atoms with Gasteiger partial charge in [0.1, 0.15) is 11.2 Å². The molecule has 2 atom stereocenters. The molecule has 9 aromatic carbocycles. The number of nitrogens with zero attached hydrogens (tertiary/aromatic N) is 1. The van der Waals surface area contributed by atoms with Crippen molar-refractivity contribution in [3.8, 4) is 33.4 Å². The number of allylic oxidation sites excluding steroid dienone is 1. The fourth-order valence-corrected chi connectivity index (χ4v) is 11.1. The van der Waals surface area contributed by atoms with Crippen LogP contribution in [0.5, 0.6) is 0 Å². The van der Waals surface area contributed by atoms with Crippen LogP contribution in [0.3, 0.4) is 0 Å². The van der Waals surface area contributed by atoms with Gasteiger partial charge < -0.3 is 4.42 Å². The van der Waals surface area contributed by atoms with E-state index in [1.165, 1.54) is 82.8 Å². The Morgan fingerprint density at radius 2 is 1.17 bits per heavy atom. The molecular weight excluding hydrogens is 775 g/mol. The molecule has 0 N–H and O–H groups in total. The molecule has 1 aliphatic heterocycles. The van der Waals surface area contributed by atoms with Crippen LogP contribution in [-0.2, 0) is 5.41 Å². The first-order valence-electron chi connectivity index (χ1n) is 23.0. The summed E-state index contributed by atoms with van der Waals surface area (Å²) < 4.78 is 6.79. The van der Waals surface area contributed by atoms with E-state index in [1.54, 1.807) is 0 Å². The first-order valence-corrected chi connectivity index (χ1v) is 23.0. The molecule has 2 heteroatoms. The highest BCUT2D eigenvalue weighted by atomic mass is 16.3. The molecule has 0 spiro atoms. The predicted octanol–water partition coefficient (Wildman–Crippen LogP) is 17.0. The fraction of sp³-hybridized carbons (Fsp3) is 0.145. The van der Waals surface area contributed by atoms with Crippen LogP contribution in [0.1, 0.15) is 73.9 Å². The maximum atomic E-state index is 6.79. The topological polar surface area (TPSA) is 25.5 Å². The van der Waals surface area contributed by atoms with Gasteiger partial charge in [0.15, 0.2) is 0 Å². The highest BCUT2D eigenvalue weighted by Gasteiger charge is 2.36. The van der Waals surface area contributed by atoms with E-state index in [2.05, 4.69) is 215 Å². The predicted molar refractivity (Wildman–Crippen MR) is 270 cm³/mol. The molecule has 0 radical (unpaired) electrons. The van der Waals surface area contributed by atoms with E-state index in [4.69, 9.17) is 9.41 Å². The summed E-state index contributed by atoms with van der Waals surface area (Å²) in [5.41, 5.74) is 18.4. The lowest BCUT2D eigenvalue weighted by Crippen LogP contribution is -2.19. The molecule has 0 saturated carbocycles. The summed E-state index contributed by atoms with van der Waals surface area (Å²) >= 11 is 0. The first kappa shape index (κ1) is 38.4. The summed E-state index contributed by atoms with van der Waals surface area (Å²) in [6.45, 7) is 7.09. The van der Waals surface area contributed by atoms with Gasteiger partial charge in [0.05, 0.1) is 6.04 Å². The Bertz CT molecular complexity index is 3510. The summed E-state index contributed by atoms with van der Waals surface area (Å²) in [7, 11) is 0. The van der Waals surface area contributed by atoms with Gasteiger partial charge in [-0.2, -0.15) is 0 Å². The molecule has 308 valence electrons. The fourth-order valence-electron chi connectivity index (χ4n) is 11.1. The molecule has 1 aromatic heterocycles. The second kappa shape index (κ2) is 15.2. The second-order valence-electron chi connectivity index (χ2n) is 18.4. The van der Waals surface area contributed by atoms with Crippen LogP contribution in [0.25, 0.3) is 82.4 Å². The SMILES string of the molecule is CCC1/C(c2ccc3c(c2)C(C)(C)c2ccccc2-3)=C\CCC(c2cc3oc4ccc(-c5ccc(-c6ccc7ccccc7c6)cc5)cc4c3c3ccccc23)=NC1c1ccccc1. The zero-order valence-corrected chi connectivity index (χ0v) is 36.6. The van der Waals surface area contributed by atoms with Gasteiger partial charge in [-0.15, -0.1) is 0 Å². The van der Waals surface area contributed by atoms with Crippen molar-refractivity contribution in [2.45, 2.75) is 51.5 Å². The zero-order chi connectivity index (χ0) is 42.9. The lowest BCUT2D eigenvalue weighted by atomic mass is 9.77. The number of aliphatic imine (C=N–C) groups is 1. The number of benzene rings is 9. The maximum absolute atomic E-state index is 6.79. The van der Waals surface area contributed by atoms with Crippen molar-refractivity contribution in [1.82, 2.24) is 0 Å². The number of rotatable bonds is 6. The van der Waals surface area contributed by atoms with Crippen LogP contribution in [0.15, 0.2) is 204 Å². The third-order valence-corrected chi connectivity index (χ3v) is 14.4. The van der Waals surface area contributed by atoms with Crippen molar-refractivity contribution in [3.05, 3.63) is 222 Å². The van der Waals surface area contributed by atoms with Crippen molar-refractivity contribution in [1.29, 1.82) is 0 Å².